The molecule has 7 heteroatoms. The highest BCUT2D eigenvalue weighted by Gasteiger charge is 2.09. The Morgan fingerprint density at radius 3 is 2.84 bits per heavy atom. The Balaban J connectivity index is 1.60. The molecule has 0 atom stereocenters. The molecule has 2 heterocycles. The summed E-state index contributed by atoms with van der Waals surface area (Å²) in [6.07, 6.45) is 1.94. The zero-order chi connectivity index (χ0) is 17.8. The van der Waals surface area contributed by atoms with Gasteiger partial charge in [-0.15, -0.1) is 11.3 Å². The van der Waals surface area contributed by atoms with E-state index in [0.717, 1.165) is 16.9 Å². The van der Waals surface area contributed by atoms with Crippen molar-refractivity contribution in [1.29, 1.82) is 0 Å². The minimum atomic E-state index is -0.134. The number of hydrogen-bond donors (Lipinski definition) is 2. The molecule has 2 aromatic heterocycles. The van der Waals surface area contributed by atoms with E-state index < -0.39 is 0 Å². The predicted molar refractivity (Wildman–Crippen MR) is 103 cm³/mol. The van der Waals surface area contributed by atoms with Crippen molar-refractivity contribution in [1.82, 2.24) is 9.97 Å². The van der Waals surface area contributed by atoms with Crippen LogP contribution in [0.25, 0.3) is 0 Å². The van der Waals surface area contributed by atoms with Gasteiger partial charge in [-0.1, -0.05) is 17.7 Å². The molecule has 0 spiro atoms. The highest BCUT2D eigenvalue weighted by Crippen LogP contribution is 2.22. The molecule has 1 aromatic carbocycles. The Kier molecular flexibility index (Phi) is 5.31. The average Bonchev–Trinajstić information content (AvgIpc) is 2.98. The van der Waals surface area contributed by atoms with Gasteiger partial charge in [0.1, 0.15) is 5.82 Å². The first-order valence-electron chi connectivity index (χ1n) is 7.70. The number of thiazole rings is 1. The molecule has 0 fully saturated rings. The van der Waals surface area contributed by atoms with E-state index in [-0.39, 0.29) is 12.3 Å². The van der Waals surface area contributed by atoms with E-state index in [9.17, 15) is 4.79 Å². The summed E-state index contributed by atoms with van der Waals surface area (Å²) in [7, 11) is 0. The Labute approximate surface area is 155 Å². The fourth-order valence-electron chi connectivity index (χ4n) is 2.20. The number of carbonyl (C=O) groups excluding carboxylic acids is 1. The highest BCUT2D eigenvalue weighted by atomic mass is 35.5. The van der Waals surface area contributed by atoms with Crippen LogP contribution < -0.4 is 10.6 Å². The molecule has 0 aliphatic carbocycles. The number of pyridine rings is 1. The van der Waals surface area contributed by atoms with Crippen LogP contribution in [0.5, 0.6) is 0 Å². The summed E-state index contributed by atoms with van der Waals surface area (Å²) in [5.41, 5.74) is 3.47. The minimum Gasteiger partial charge on any atom is -0.326 e. The molecule has 2 N–H and O–H groups in total. The van der Waals surface area contributed by atoms with Gasteiger partial charge in [-0.2, -0.15) is 0 Å². The van der Waals surface area contributed by atoms with Gasteiger partial charge in [-0.25, -0.2) is 9.97 Å². The number of anilines is 3. The summed E-state index contributed by atoms with van der Waals surface area (Å²) in [6, 6.07) is 9.31. The topological polar surface area (TPSA) is 66.9 Å². The van der Waals surface area contributed by atoms with Gasteiger partial charge in [-0.3, -0.25) is 4.79 Å². The SMILES string of the molecule is Cc1ccnc(Nc2nc(CC(=O)Nc3ccc(C)c(Cl)c3)cs2)c1. The van der Waals surface area contributed by atoms with Crippen molar-refractivity contribution in [3.63, 3.8) is 0 Å². The standard InChI is InChI=1S/C18H17ClN4OS/c1-11-5-6-20-16(7-11)23-18-22-14(10-25-18)9-17(24)21-13-4-3-12(2)15(19)8-13/h3-8,10H,9H2,1-2H3,(H,21,24)(H,20,22,23). The van der Waals surface area contributed by atoms with E-state index >= 15 is 0 Å². The van der Waals surface area contributed by atoms with Crippen LogP contribution in [-0.4, -0.2) is 15.9 Å². The van der Waals surface area contributed by atoms with Gasteiger partial charge in [0, 0.05) is 22.3 Å². The molecule has 0 unspecified atom stereocenters. The Morgan fingerprint density at radius 2 is 2.08 bits per heavy atom. The zero-order valence-electron chi connectivity index (χ0n) is 13.8. The maximum Gasteiger partial charge on any atom is 0.230 e. The van der Waals surface area contributed by atoms with E-state index in [4.69, 9.17) is 11.6 Å². The van der Waals surface area contributed by atoms with Crippen molar-refractivity contribution in [2.45, 2.75) is 20.3 Å². The molecule has 128 valence electrons. The predicted octanol–water partition coefficient (Wildman–Crippen LogP) is 4.73. The van der Waals surface area contributed by atoms with E-state index in [1.165, 1.54) is 11.3 Å². The third kappa shape index (κ3) is 4.78. The van der Waals surface area contributed by atoms with Crippen LogP contribution >= 0.6 is 22.9 Å². The second-order valence-electron chi connectivity index (χ2n) is 5.68. The monoisotopic (exact) mass is 372 g/mol. The molecule has 0 radical (unpaired) electrons. The number of nitrogens with one attached hydrogen (secondary N) is 2. The number of halogens is 1. The Morgan fingerprint density at radius 1 is 1.24 bits per heavy atom. The molecular formula is C18H17ClN4OS. The molecule has 1 amide bonds. The number of hydrogen-bond acceptors (Lipinski definition) is 5. The number of rotatable bonds is 5. The second kappa shape index (κ2) is 7.63. The summed E-state index contributed by atoms with van der Waals surface area (Å²) in [5.74, 6) is 0.602. The van der Waals surface area contributed by atoms with Crippen LogP contribution in [0.1, 0.15) is 16.8 Å². The highest BCUT2D eigenvalue weighted by molar-refractivity contribution is 7.13. The summed E-state index contributed by atoms with van der Waals surface area (Å²) in [6.45, 7) is 3.92. The molecule has 3 rings (SSSR count). The lowest BCUT2D eigenvalue weighted by molar-refractivity contribution is -0.115. The maximum absolute atomic E-state index is 12.2. The second-order valence-corrected chi connectivity index (χ2v) is 6.94. The lowest BCUT2D eigenvalue weighted by Crippen LogP contribution is -2.14. The third-order valence-corrected chi connectivity index (χ3v) is 4.71. The van der Waals surface area contributed by atoms with Crippen LogP contribution in [-0.2, 0) is 11.2 Å². The summed E-state index contributed by atoms with van der Waals surface area (Å²) in [4.78, 5) is 20.8. The Hall–Kier alpha value is -2.44. The van der Waals surface area contributed by atoms with Crippen molar-refractivity contribution in [2.24, 2.45) is 0 Å². The summed E-state index contributed by atoms with van der Waals surface area (Å²) in [5, 5.41) is 9.18. The smallest absolute Gasteiger partial charge is 0.230 e. The first kappa shape index (κ1) is 17.4. The lowest BCUT2D eigenvalue weighted by atomic mass is 10.2. The molecule has 0 bridgehead atoms. The van der Waals surface area contributed by atoms with Crippen LogP contribution in [0.4, 0.5) is 16.6 Å². The number of benzene rings is 1. The fraction of sp³-hybridized carbons (Fsp3) is 0.167. The van der Waals surface area contributed by atoms with Crippen molar-refractivity contribution in [3.8, 4) is 0 Å². The largest absolute Gasteiger partial charge is 0.326 e. The van der Waals surface area contributed by atoms with Gasteiger partial charge in [0.2, 0.25) is 5.91 Å². The van der Waals surface area contributed by atoms with Crippen molar-refractivity contribution < 1.29 is 4.79 Å². The molecule has 0 saturated heterocycles. The fourth-order valence-corrected chi connectivity index (χ4v) is 3.10. The Bertz CT molecular complexity index is 910. The van der Waals surface area contributed by atoms with E-state index in [1.54, 1.807) is 12.3 Å². The molecule has 5 nitrogen and oxygen atoms in total. The molecular weight excluding hydrogens is 356 g/mol. The van der Waals surface area contributed by atoms with Crippen molar-refractivity contribution in [3.05, 3.63) is 63.8 Å². The number of amides is 1. The lowest BCUT2D eigenvalue weighted by Gasteiger charge is -2.06. The zero-order valence-corrected chi connectivity index (χ0v) is 15.4. The maximum atomic E-state index is 12.2. The number of carbonyl (C=O) groups is 1. The first-order valence-corrected chi connectivity index (χ1v) is 8.95. The van der Waals surface area contributed by atoms with E-state index in [2.05, 4.69) is 20.6 Å². The third-order valence-electron chi connectivity index (χ3n) is 3.50. The van der Waals surface area contributed by atoms with E-state index in [1.807, 2.05) is 43.5 Å². The summed E-state index contributed by atoms with van der Waals surface area (Å²) < 4.78 is 0. The van der Waals surface area contributed by atoms with Crippen molar-refractivity contribution in [2.75, 3.05) is 10.6 Å². The van der Waals surface area contributed by atoms with Crippen LogP contribution in [0, 0.1) is 13.8 Å². The minimum absolute atomic E-state index is 0.134. The molecule has 0 aliphatic rings. The van der Waals surface area contributed by atoms with Gasteiger partial charge in [-0.05, 0) is 49.2 Å². The number of aryl methyl sites for hydroxylation is 2. The van der Waals surface area contributed by atoms with Gasteiger partial charge in [0.05, 0.1) is 12.1 Å². The average molecular weight is 373 g/mol. The van der Waals surface area contributed by atoms with Crippen molar-refractivity contribution >= 4 is 45.5 Å². The molecule has 25 heavy (non-hydrogen) atoms. The molecule has 0 aliphatic heterocycles. The number of aromatic nitrogens is 2. The van der Waals surface area contributed by atoms with Gasteiger partial charge >= 0.3 is 0 Å². The molecule has 0 saturated carbocycles. The van der Waals surface area contributed by atoms with Crippen LogP contribution in [0.3, 0.4) is 0 Å². The quantitative estimate of drug-likeness (QED) is 0.679. The van der Waals surface area contributed by atoms with E-state index in [0.29, 0.717) is 21.5 Å². The summed E-state index contributed by atoms with van der Waals surface area (Å²) >= 11 is 7.51. The molecule has 3 aromatic rings. The first-order chi connectivity index (χ1) is 12.0. The normalized spacial score (nSPS) is 10.5. The number of nitrogens with zero attached hydrogens (tertiary/aromatic N) is 2. The van der Waals surface area contributed by atoms with Gasteiger partial charge in [0.15, 0.2) is 5.13 Å². The van der Waals surface area contributed by atoms with Gasteiger partial charge in [0.25, 0.3) is 0 Å². The van der Waals surface area contributed by atoms with Crippen LogP contribution in [0.15, 0.2) is 41.9 Å². The van der Waals surface area contributed by atoms with Crippen LogP contribution in [0.2, 0.25) is 5.02 Å². The van der Waals surface area contributed by atoms with Gasteiger partial charge < -0.3 is 10.6 Å².